The molecule has 1 saturated heterocycles. The summed E-state index contributed by atoms with van der Waals surface area (Å²) in [6, 6.07) is 11.9. The number of nitrogens with zero attached hydrogens (tertiary/aromatic N) is 2. The Morgan fingerprint density at radius 2 is 1.80 bits per heavy atom. The van der Waals surface area contributed by atoms with E-state index >= 15 is 0 Å². The Bertz CT molecular complexity index is 853. The number of benzene rings is 2. The first-order valence-corrected chi connectivity index (χ1v) is 10.1. The molecule has 0 radical (unpaired) electrons. The van der Waals surface area contributed by atoms with E-state index in [9.17, 15) is 14.3 Å². The predicted molar refractivity (Wildman–Crippen MR) is 113 cm³/mol. The lowest BCUT2D eigenvalue weighted by molar-refractivity contribution is 0.0438. The third kappa shape index (κ3) is 6.01. The number of rotatable bonds is 9. The normalized spacial score (nSPS) is 16.3. The van der Waals surface area contributed by atoms with E-state index in [1.807, 2.05) is 12.1 Å². The Morgan fingerprint density at radius 3 is 2.47 bits per heavy atom. The smallest absolute Gasteiger partial charge is 0.161 e. The zero-order valence-corrected chi connectivity index (χ0v) is 17.5. The molecule has 1 aliphatic rings. The van der Waals surface area contributed by atoms with Crippen LogP contribution in [0, 0.1) is 5.82 Å². The van der Waals surface area contributed by atoms with Crippen LogP contribution in [0.15, 0.2) is 42.5 Å². The van der Waals surface area contributed by atoms with Crippen LogP contribution in [0.3, 0.4) is 0 Å². The van der Waals surface area contributed by atoms with Gasteiger partial charge in [-0.25, -0.2) is 4.39 Å². The fourth-order valence-corrected chi connectivity index (χ4v) is 3.54. The van der Waals surface area contributed by atoms with E-state index in [4.69, 9.17) is 9.47 Å². The summed E-state index contributed by atoms with van der Waals surface area (Å²) in [5.74, 6) is 0.751. The van der Waals surface area contributed by atoms with Crippen LogP contribution in [-0.4, -0.2) is 73.2 Å². The monoisotopic (exact) mass is 416 g/mol. The number of hydrogen-bond donors (Lipinski definition) is 1. The van der Waals surface area contributed by atoms with Crippen molar-refractivity contribution >= 4 is 5.78 Å². The highest BCUT2D eigenvalue weighted by Gasteiger charge is 2.20. The number of piperazine rings is 1. The number of carbonyl (C=O) groups excluding carboxylic acids is 1. The lowest BCUT2D eigenvalue weighted by atomic mass is 10.1. The molecule has 1 N–H and O–H groups in total. The lowest BCUT2D eigenvalue weighted by Crippen LogP contribution is -2.48. The van der Waals surface area contributed by atoms with Crippen LogP contribution in [0.25, 0.3) is 0 Å². The summed E-state index contributed by atoms with van der Waals surface area (Å²) in [4.78, 5) is 15.9. The number of halogens is 1. The zero-order valence-electron chi connectivity index (χ0n) is 17.5. The maximum atomic E-state index is 13.8. The van der Waals surface area contributed by atoms with E-state index in [-0.39, 0.29) is 18.2 Å². The highest BCUT2D eigenvalue weighted by molar-refractivity contribution is 5.94. The summed E-state index contributed by atoms with van der Waals surface area (Å²) < 4.78 is 24.8. The van der Waals surface area contributed by atoms with Crippen molar-refractivity contribution < 1.29 is 23.8 Å². The van der Waals surface area contributed by atoms with Gasteiger partial charge < -0.3 is 14.6 Å². The minimum absolute atomic E-state index is 0.0472. The van der Waals surface area contributed by atoms with Crippen molar-refractivity contribution in [1.29, 1.82) is 0 Å². The molecule has 0 bridgehead atoms. The SMILES string of the molecule is COc1cc(C(C)=O)ccc1OCC(O)CN1CCN(Cc2ccccc2F)CC1. The molecule has 0 saturated carbocycles. The van der Waals surface area contributed by atoms with Crippen LogP contribution >= 0.6 is 0 Å². The highest BCUT2D eigenvalue weighted by atomic mass is 19.1. The number of carbonyl (C=O) groups is 1. The Kier molecular flexibility index (Phi) is 7.79. The Morgan fingerprint density at radius 1 is 1.10 bits per heavy atom. The molecule has 7 heteroatoms. The second-order valence-electron chi connectivity index (χ2n) is 7.55. The van der Waals surface area contributed by atoms with Crippen LogP contribution in [0.5, 0.6) is 11.5 Å². The van der Waals surface area contributed by atoms with Crippen LogP contribution in [0.1, 0.15) is 22.8 Å². The number of methoxy groups -OCH3 is 1. The van der Waals surface area contributed by atoms with E-state index in [1.54, 1.807) is 24.3 Å². The van der Waals surface area contributed by atoms with Crippen molar-refractivity contribution in [2.24, 2.45) is 0 Å². The summed E-state index contributed by atoms with van der Waals surface area (Å²) in [5, 5.41) is 10.4. The van der Waals surface area contributed by atoms with Crippen molar-refractivity contribution in [3.05, 3.63) is 59.4 Å². The van der Waals surface area contributed by atoms with E-state index in [2.05, 4.69) is 9.80 Å². The molecule has 3 rings (SSSR count). The van der Waals surface area contributed by atoms with Crippen molar-refractivity contribution in [3.63, 3.8) is 0 Å². The molecule has 1 atom stereocenters. The topological polar surface area (TPSA) is 62.2 Å². The predicted octanol–water partition coefficient (Wildman–Crippen LogP) is 2.59. The van der Waals surface area contributed by atoms with Crippen LogP contribution in [-0.2, 0) is 6.54 Å². The largest absolute Gasteiger partial charge is 0.493 e. The molecular weight excluding hydrogens is 387 g/mol. The summed E-state index contributed by atoms with van der Waals surface area (Å²) in [6.07, 6.45) is -0.652. The standard InChI is InChI=1S/C23H29FN2O4/c1-17(27)18-7-8-22(23(13-18)29-2)30-16-20(28)15-26-11-9-25(10-12-26)14-19-5-3-4-6-21(19)24/h3-8,13,20,28H,9-12,14-16H2,1-2H3. The minimum Gasteiger partial charge on any atom is -0.493 e. The number of β-amino-alcohol motifs (C(OH)–C–C–N with tert-alkyl or cyclic N) is 1. The van der Waals surface area contributed by atoms with Gasteiger partial charge in [0.1, 0.15) is 18.5 Å². The molecule has 1 aliphatic heterocycles. The van der Waals surface area contributed by atoms with E-state index in [0.717, 1.165) is 26.2 Å². The van der Waals surface area contributed by atoms with Gasteiger partial charge in [0.25, 0.3) is 0 Å². The highest BCUT2D eigenvalue weighted by Crippen LogP contribution is 2.28. The second-order valence-corrected chi connectivity index (χ2v) is 7.55. The van der Waals surface area contributed by atoms with Gasteiger partial charge in [-0.1, -0.05) is 18.2 Å². The van der Waals surface area contributed by atoms with Gasteiger partial charge in [0, 0.05) is 50.4 Å². The van der Waals surface area contributed by atoms with Crippen molar-refractivity contribution in [1.82, 2.24) is 9.80 Å². The maximum absolute atomic E-state index is 13.8. The van der Waals surface area contributed by atoms with Crippen LogP contribution in [0.4, 0.5) is 4.39 Å². The Hall–Kier alpha value is -2.48. The summed E-state index contributed by atoms with van der Waals surface area (Å²) in [7, 11) is 1.52. The van der Waals surface area contributed by atoms with E-state index < -0.39 is 6.10 Å². The molecule has 162 valence electrons. The Labute approximate surface area is 176 Å². The van der Waals surface area contributed by atoms with E-state index in [0.29, 0.717) is 35.7 Å². The number of hydrogen-bond acceptors (Lipinski definition) is 6. The molecule has 2 aromatic carbocycles. The van der Waals surface area contributed by atoms with Gasteiger partial charge in [-0.3, -0.25) is 14.6 Å². The quantitative estimate of drug-likeness (QED) is 0.634. The van der Waals surface area contributed by atoms with Crippen molar-refractivity contribution in [2.45, 2.75) is 19.6 Å². The number of Topliss-reactive ketones (excluding diaryl/α,β-unsaturated/α-hetero) is 1. The average molecular weight is 416 g/mol. The first kappa shape index (κ1) is 22.2. The summed E-state index contributed by atoms with van der Waals surface area (Å²) in [5.41, 5.74) is 1.26. The molecule has 1 heterocycles. The Balaban J connectivity index is 1.43. The van der Waals surface area contributed by atoms with Gasteiger partial charge in [-0.15, -0.1) is 0 Å². The third-order valence-corrected chi connectivity index (χ3v) is 5.29. The number of aliphatic hydroxyl groups is 1. The lowest BCUT2D eigenvalue weighted by Gasteiger charge is -2.35. The number of aliphatic hydroxyl groups excluding tert-OH is 1. The molecule has 0 aliphatic carbocycles. The first-order chi connectivity index (χ1) is 14.5. The van der Waals surface area contributed by atoms with E-state index in [1.165, 1.54) is 20.1 Å². The summed E-state index contributed by atoms with van der Waals surface area (Å²) >= 11 is 0. The van der Waals surface area contributed by atoms with Crippen LogP contribution in [0.2, 0.25) is 0 Å². The maximum Gasteiger partial charge on any atom is 0.161 e. The van der Waals surface area contributed by atoms with Gasteiger partial charge in [-0.2, -0.15) is 0 Å². The van der Waals surface area contributed by atoms with Gasteiger partial charge in [0.2, 0.25) is 0 Å². The summed E-state index contributed by atoms with van der Waals surface area (Å²) in [6.45, 7) is 5.98. The second kappa shape index (κ2) is 10.5. The molecule has 0 spiro atoms. The molecule has 0 aromatic heterocycles. The van der Waals surface area contributed by atoms with Gasteiger partial charge in [0.05, 0.1) is 7.11 Å². The van der Waals surface area contributed by atoms with Gasteiger partial charge >= 0.3 is 0 Å². The molecule has 30 heavy (non-hydrogen) atoms. The molecular formula is C23H29FN2O4. The molecule has 2 aromatic rings. The van der Waals surface area contributed by atoms with Gasteiger partial charge in [-0.05, 0) is 31.2 Å². The molecule has 0 amide bonds. The van der Waals surface area contributed by atoms with Gasteiger partial charge in [0.15, 0.2) is 17.3 Å². The zero-order chi connectivity index (χ0) is 21.5. The molecule has 6 nitrogen and oxygen atoms in total. The third-order valence-electron chi connectivity index (χ3n) is 5.29. The van der Waals surface area contributed by atoms with Crippen molar-refractivity contribution in [2.75, 3.05) is 46.4 Å². The number of ketones is 1. The van der Waals surface area contributed by atoms with Crippen molar-refractivity contribution in [3.8, 4) is 11.5 Å². The molecule has 1 fully saturated rings. The minimum atomic E-state index is -0.652. The fraction of sp³-hybridized carbons (Fsp3) is 0.435. The first-order valence-electron chi connectivity index (χ1n) is 10.1. The van der Waals surface area contributed by atoms with Crippen LogP contribution < -0.4 is 9.47 Å². The fourth-order valence-electron chi connectivity index (χ4n) is 3.54. The molecule has 1 unspecified atom stereocenters. The average Bonchev–Trinajstić information content (AvgIpc) is 2.75. The number of ether oxygens (including phenoxy) is 2.